The third-order valence-corrected chi connectivity index (χ3v) is 4.39. The molecule has 1 aliphatic heterocycles. The van der Waals surface area contributed by atoms with Crippen LogP contribution in [-0.2, 0) is 53.5 Å². The van der Waals surface area contributed by atoms with Gasteiger partial charge in [0.05, 0.1) is 11.9 Å². The summed E-state index contributed by atoms with van der Waals surface area (Å²) in [4.78, 5) is 37.4. The first-order valence-electron chi connectivity index (χ1n) is 8.38. The van der Waals surface area contributed by atoms with Crippen molar-refractivity contribution in [2.75, 3.05) is 6.54 Å². The molecule has 130 valence electrons. The molecule has 2 rings (SSSR count). The minimum Gasteiger partial charge on any atom is -0.666 e. The van der Waals surface area contributed by atoms with E-state index < -0.39 is 18.0 Å². The van der Waals surface area contributed by atoms with E-state index in [2.05, 4.69) is 5.32 Å². The van der Waals surface area contributed by atoms with E-state index in [4.69, 9.17) is 5.73 Å². The minimum absolute atomic E-state index is 0. The first-order valence-corrected chi connectivity index (χ1v) is 8.38. The van der Waals surface area contributed by atoms with Gasteiger partial charge in [0.15, 0.2) is 0 Å². The number of carbonyl (C=O) groups is 3. The smallest absolute Gasteiger partial charge is 0.666 e. The second-order valence-corrected chi connectivity index (χ2v) is 6.17. The molecule has 25 heavy (non-hydrogen) atoms. The van der Waals surface area contributed by atoms with Gasteiger partial charge in [-0.05, 0) is 38.2 Å². The van der Waals surface area contributed by atoms with Crippen LogP contribution in [0.2, 0.25) is 0 Å². The second kappa shape index (κ2) is 10.7. The van der Waals surface area contributed by atoms with Crippen LogP contribution in [0.15, 0.2) is 30.3 Å². The molecule has 0 bridgehead atoms. The Morgan fingerprint density at radius 1 is 1.28 bits per heavy atom. The number of nitrogens with one attached hydrogen (secondary N) is 2. The summed E-state index contributed by atoms with van der Waals surface area (Å²) in [5.41, 5.74) is 8.31. The largest absolute Gasteiger partial charge is 3.00 e. The van der Waals surface area contributed by atoms with Crippen LogP contribution < -0.4 is 5.32 Å². The van der Waals surface area contributed by atoms with Crippen molar-refractivity contribution in [3.8, 4) is 0 Å². The van der Waals surface area contributed by atoms with Gasteiger partial charge in [0.25, 0.3) is 0 Å². The maximum atomic E-state index is 12.6. The molecule has 7 heteroatoms. The molecule has 3 amide bonds. The average Bonchev–Trinajstić information content (AvgIpc) is 2.75. The number of hydrogen-bond acceptors (Lipinski definition) is 3. The summed E-state index contributed by atoms with van der Waals surface area (Å²) in [5.74, 6) is -1.20. The van der Waals surface area contributed by atoms with Gasteiger partial charge in [-0.25, -0.2) is 0 Å². The van der Waals surface area contributed by atoms with Gasteiger partial charge in [0, 0.05) is 13.0 Å². The summed E-state index contributed by atoms with van der Waals surface area (Å²) < 4.78 is 0. The third-order valence-electron chi connectivity index (χ3n) is 4.39. The van der Waals surface area contributed by atoms with Crippen LogP contribution in [-0.4, -0.2) is 41.2 Å². The Balaban J connectivity index is 0.00000312. The van der Waals surface area contributed by atoms with Gasteiger partial charge in [-0.3, -0.25) is 9.59 Å². The molecule has 0 radical (unpaired) electrons. The molecule has 0 aliphatic carbocycles. The van der Waals surface area contributed by atoms with Crippen molar-refractivity contribution in [1.82, 2.24) is 10.2 Å². The first-order chi connectivity index (χ1) is 11.5. The molecule has 2 atom stereocenters. The summed E-state index contributed by atoms with van der Waals surface area (Å²) in [6.45, 7) is 2.02. The molecule has 2 unspecified atom stereocenters. The molecule has 1 aromatic carbocycles. The fourth-order valence-electron chi connectivity index (χ4n) is 2.89. The maximum absolute atomic E-state index is 12.6. The van der Waals surface area contributed by atoms with Crippen LogP contribution in [0.4, 0.5) is 0 Å². The number of amides is 3. The Morgan fingerprint density at radius 3 is 2.60 bits per heavy atom. The number of rotatable bonds is 6. The molecule has 0 spiro atoms. The van der Waals surface area contributed by atoms with Crippen molar-refractivity contribution in [2.24, 2.45) is 0 Å². The van der Waals surface area contributed by atoms with E-state index in [1.54, 1.807) is 6.92 Å². The fourth-order valence-corrected chi connectivity index (χ4v) is 2.89. The molecule has 1 heterocycles. The summed E-state index contributed by atoms with van der Waals surface area (Å²) in [6.07, 6.45) is 3.11. The zero-order valence-electron chi connectivity index (χ0n) is 14.5. The van der Waals surface area contributed by atoms with Gasteiger partial charge in [-0.1, -0.05) is 30.3 Å². The molecule has 0 aromatic heterocycles. The van der Waals surface area contributed by atoms with Crippen LogP contribution in [0, 0.1) is 0 Å². The van der Waals surface area contributed by atoms with E-state index in [0.717, 1.165) is 18.4 Å². The molecule has 2 N–H and O–H groups in total. The number of hydrogen-bond donors (Lipinski definition) is 1. The standard InChI is InChI=1S/C18H25N3O3.Y/c1-13(17(19)23)21-12-6-5-9-15(18(21)24)20-16(22)11-10-14-7-3-2-4-8-14;/h2-4,7-8,13,15H,5-6,9-12H2,1H3,(H3,19,20,22,23);/q;+3/p-1. The van der Waals surface area contributed by atoms with E-state index in [0.29, 0.717) is 25.8 Å². The van der Waals surface area contributed by atoms with Crippen molar-refractivity contribution in [1.29, 1.82) is 0 Å². The summed E-state index contributed by atoms with van der Waals surface area (Å²) in [6, 6.07) is 8.35. The fraction of sp³-hybridized carbons (Fsp3) is 0.500. The van der Waals surface area contributed by atoms with Crippen LogP contribution in [0.25, 0.3) is 5.73 Å². The van der Waals surface area contributed by atoms with Crippen molar-refractivity contribution in [2.45, 2.75) is 51.1 Å². The normalized spacial score (nSPS) is 18.7. The molecule has 1 saturated heterocycles. The number of likely N-dealkylation sites (tertiary alicyclic amines) is 1. The SMILES string of the molecule is CC(C([NH-])=O)N1CCCCC(NC(=O)CCc2ccccc2)C1=O.[Y+3]. The van der Waals surface area contributed by atoms with Crippen LogP contribution in [0.3, 0.4) is 0 Å². The monoisotopic (exact) mass is 419 g/mol. The van der Waals surface area contributed by atoms with E-state index in [-0.39, 0.29) is 44.5 Å². The number of benzene rings is 1. The second-order valence-electron chi connectivity index (χ2n) is 6.17. The molecule has 1 aliphatic rings. The van der Waals surface area contributed by atoms with E-state index in [1.807, 2.05) is 30.3 Å². The minimum atomic E-state index is -0.778. The van der Waals surface area contributed by atoms with Gasteiger partial charge >= 0.3 is 32.7 Å². The van der Waals surface area contributed by atoms with Crippen LogP contribution >= 0.6 is 0 Å². The van der Waals surface area contributed by atoms with Gasteiger partial charge < -0.3 is 20.7 Å². The Kier molecular flexibility index (Phi) is 9.29. The van der Waals surface area contributed by atoms with E-state index in [1.165, 1.54) is 4.90 Å². The summed E-state index contributed by atoms with van der Waals surface area (Å²) in [7, 11) is 0. The molecule has 1 aromatic rings. The van der Waals surface area contributed by atoms with Crippen molar-refractivity contribution >= 4 is 17.7 Å². The van der Waals surface area contributed by atoms with Gasteiger partial charge in [-0.15, -0.1) is 0 Å². The Hall–Kier alpha value is -1.27. The van der Waals surface area contributed by atoms with Gasteiger partial charge in [-0.2, -0.15) is 0 Å². The quantitative estimate of drug-likeness (QED) is 0.766. The number of nitrogens with zero attached hydrogens (tertiary/aromatic N) is 1. The summed E-state index contributed by atoms with van der Waals surface area (Å²) >= 11 is 0. The zero-order valence-corrected chi connectivity index (χ0v) is 17.4. The van der Waals surface area contributed by atoms with Crippen molar-refractivity contribution in [3.63, 3.8) is 0 Å². The predicted molar refractivity (Wildman–Crippen MR) is 91.0 cm³/mol. The molecule has 0 saturated carbocycles. The Morgan fingerprint density at radius 2 is 1.96 bits per heavy atom. The van der Waals surface area contributed by atoms with E-state index in [9.17, 15) is 14.4 Å². The Bertz CT molecular complexity index is 594. The molecule has 1 fully saturated rings. The van der Waals surface area contributed by atoms with Gasteiger partial charge in [0.1, 0.15) is 6.04 Å². The molecular weight excluding hydrogens is 395 g/mol. The number of carbonyl (C=O) groups excluding carboxylic acids is 3. The number of aryl methyl sites for hydroxylation is 1. The van der Waals surface area contributed by atoms with Crippen LogP contribution in [0.5, 0.6) is 0 Å². The maximum Gasteiger partial charge on any atom is 3.00 e. The van der Waals surface area contributed by atoms with Crippen molar-refractivity contribution in [3.05, 3.63) is 41.6 Å². The first kappa shape index (κ1) is 21.8. The zero-order chi connectivity index (χ0) is 17.5. The van der Waals surface area contributed by atoms with Crippen molar-refractivity contribution < 1.29 is 47.1 Å². The molecular formula is C18H24N3O3Y+2. The predicted octanol–water partition coefficient (Wildman–Crippen LogP) is 2.08. The van der Waals surface area contributed by atoms with Crippen LogP contribution in [0.1, 0.15) is 38.2 Å². The van der Waals surface area contributed by atoms with Gasteiger partial charge in [0.2, 0.25) is 11.8 Å². The van der Waals surface area contributed by atoms with E-state index >= 15 is 0 Å². The average molecular weight is 419 g/mol. The molecule has 6 nitrogen and oxygen atoms in total. The summed E-state index contributed by atoms with van der Waals surface area (Å²) in [5, 5.41) is 2.80. The topological polar surface area (TPSA) is 90.3 Å². The third kappa shape index (κ3) is 6.51. The Labute approximate surface area is 173 Å².